The molecule has 0 saturated carbocycles. The molecule has 33 heavy (non-hydrogen) atoms. The Morgan fingerprint density at radius 3 is 2.58 bits per heavy atom. The topological polar surface area (TPSA) is 91.0 Å². The number of benzene rings is 3. The van der Waals surface area contributed by atoms with Gasteiger partial charge < -0.3 is 25.1 Å². The van der Waals surface area contributed by atoms with E-state index in [1.54, 1.807) is 0 Å². The molecule has 0 bridgehead atoms. The first-order valence-electron chi connectivity index (χ1n) is 11.1. The number of carbonyl (C=O) groups is 1. The lowest BCUT2D eigenvalue weighted by Crippen LogP contribution is -2.10. The molecule has 4 rings (SSSR count). The van der Waals surface area contributed by atoms with Gasteiger partial charge in [-0.25, -0.2) is 0 Å². The van der Waals surface area contributed by atoms with E-state index in [2.05, 4.69) is 26.0 Å². The predicted molar refractivity (Wildman–Crippen MR) is 127 cm³/mol. The quantitative estimate of drug-likeness (QED) is 0.488. The van der Waals surface area contributed by atoms with Crippen LogP contribution < -0.4 is 19.9 Å². The van der Waals surface area contributed by atoms with Crippen molar-refractivity contribution in [3.8, 4) is 28.4 Å². The van der Waals surface area contributed by atoms with E-state index in [1.807, 2.05) is 42.5 Å². The summed E-state index contributed by atoms with van der Waals surface area (Å²) in [5, 5.41) is 9.06. The first kappa shape index (κ1) is 22.7. The Balaban J connectivity index is 1.47. The van der Waals surface area contributed by atoms with E-state index >= 15 is 0 Å². The van der Waals surface area contributed by atoms with E-state index < -0.39 is 5.97 Å². The Bertz CT molecular complexity index is 1130. The number of aliphatic carboxylic acids is 1. The molecule has 3 aromatic carbocycles. The largest absolute Gasteiger partial charge is 0.492 e. The normalized spacial score (nSPS) is 14.5. The highest BCUT2D eigenvalue weighted by Crippen LogP contribution is 2.38. The lowest BCUT2D eigenvalue weighted by atomic mass is 9.94. The van der Waals surface area contributed by atoms with Crippen LogP contribution >= 0.6 is 0 Å². The maximum atomic E-state index is 11.0. The highest BCUT2D eigenvalue weighted by molar-refractivity contribution is 5.72. The van der Waals surface area contributed by atoms with Gasteiger partial charge in [0.05, 0.1) is 13.0 Å². The highest BCUT2D eigenvalue weighted by Gasteiger charge is 2.26. The molecule has 0 fully saturated rings. The molecule has 0 radical (unpaired) electrons. The average molecular weight is 448 g/mol. The van der Waals surface area contributed by atoms with Crippen LogP contribution in [0.2, 0.25) is 0 Å². The minimum absolute atomic E-state index is 0.0684. The Hall–Kier alpha value is -3.51. The van der Waals surface area contributed by atoms with E-state index in [0.29, 0.717) is 37.9 Å². The van der Waals surface area contributed by atoms with Gasteiger partial charge in [0, 0.05) is 24.1 Å². The lowest BCUT2D eigenvalue weighted by molar-refractivity contribution is -0.137. The molecule has 172 valence electrons. The van der Waals surface area contributed by atoms with Crippen LogP contribution in [0, 0.1) is 13.8 Å². The van der Waals surface area contributed by atoms with Gasteiger partial charge in [0.1, 0.15) is 30.5 Å². The zero-order chi connectivity index (χ0) is 23.4. The Morgan fingerprint density at radius 2 is 1.85 bits per heavy atom. The molecule has 6 heteroatoms. The summed E-state index contributed by atoms with van der Waals surface area (Å²) in [6.07, 6.45) is 0.0684. The fourth-order valence-corrected chi connectivity index (χ4v) is 4.35. The molecule has 0 amide bonds. The molecule has 0 spiro atoms. The monoisotopic (exact) mass is 447 g/mol. The van der Waals surface area contributed by atoms with E-state index in [1.165, 1.54) is 5.56 Å². The maximum Gasteiger partial charge on any atom is 0.304 e. The number of carboxylic acids is 1. The van der Waals surface area contributed by atoms with Crippen molar-refractivity contribution in [2.75, 3.05) is 19.8 Å². The Kier molecular flexibility index (Phi) is 6.84. The fraction of sp³-hybridized carbons (Fsp3) is 0.296. The second-order valence-electron chi connectivity index (χ2n) is 8.36. The van der Waals surface area contributed by atoms with Crippen LogP contribution in [-0.2, 0) is 11.4 Å². The van der Waals surface area contributed by atoms with Crippen LogP contribution in [0.1, 0.15) is 34.6 Å². The smallest absolute Gasteiger partial charge is 0.304 e. The first-order valence-corrected chi connectivity index (χ1v) is 11.1. The van der Waals surface area contributed by atoms with Crippen molar-refractivity contribution >= 4 is 5.97 Å². The number of hydrogen-bond acceptors (Lipinski definition) is 5. The van der Waals surface area contributed by atoms with Crippen LogP contribution in [0.25, 0.3) is 11.1 Å². The second kappa shape index (κ2) is 9.96. The van der Waals surface area contributed by atoms with Crippen molar-refractivity contribution in [2.45, 2.75) is 32.8 Å². The summed E-state index contributed by atoms with van der Waals surface area (Å²) in [5.41, 5.74) is 12.1. The van der Waals surface area contributed by atoms with E-state index in [-0.39, 0.29) is 12.3 Å². The van der Waals surface area contributed by atoms with Crippen LogP contribution in [0.3, 0.4) is 0 Å². The standard InChI is InChI=1S/C27H29NO5/c1-17-10-23(31-9-8-28)11-18(2)27(17)20-5-3-4-19(12-20)15-32-22-6-7-24-21(13-26(29)30)16-33-25(24)14-22/h3-7,10-12,14,21H,8-9,13,15-16,28H2,1-2H3,(H,29,30). The van der Waals surface area contributed by atoms with Crippen molar-refractivity contribution in [1.29, 1.82) is 0 Å². The number of aryl methyl sites for hydroxylation is 2. The van der Waals surface area contributed by atoms with Crippen LogP contribution in [-0.4, -0.2) is 30.8 Å². The fourth-order valence-electron chi connectivity index (χ4n) is 4.35. The second-order valence-corrected chi connectivity index (χ2v) is 8.36. The molecule has 3 aromatic rings. The van der Waals surface area contributed by atoms with Gasteiger partial charge in [-0.1, -0.05) is 24.3 Å². The van der Waals surface area contributed by atoms with E-state index in [9.17, 15) is 4.79 Å². The minimum Gasteiger partial charge on any atom is -0.492 e. The molecule has 1 aliphatic heterocycles. The van der Waals surface area contributed by atoms with Crippen molar-refractivity contribution in [3.63, 3.8) is 0 Å². The van der Waals surface area contributed by atoms with Crippen molar-refractivity contribution in [3.05, 3.63) is 76.9 Å². The SMILES string of the molecule is Cc1cc(OCCN)cc(C)c1-c1cccc(COc2ccc3c(c2)OCC3CC(=O)O)c1. The molecule has 6 nitrogen and oxygen atoms in total. The molecular formula is C27H29NO5. The summed E-state index contributed by atoms with van der Waals surface area (Å²) in [7, 11) is 0. The molecular weight excluding hydrogens is 418 g/mol. The van der Waals surface area contributed by atoms with Gasteiger partial charge in [-0.2, -0.15) is 0 Å². The number of carboxylic acid groups (broad SMARTS) is 1. The maximum absolute atomic E-state index is 11.0. The Labute approximate surface area is 193 Å². The average Bonchev–Trinajstić information content (AvgIpc) is 3.17. The summed E-state index contributed by atoms with van der Waals surface area (Å²) in [5.74, 6) is 1.31. The van der Waals surface area contributed by atoms with Gasteiger partial charge >= 0.3 is 5.97 Å². The van der Waals surface area contributed by atoms with Crippen molar-refractivity contribution in [1.82, 2.24) is 0 Å². The number of hydrogen-bond donors (Lipinski definition) is 2. The van der Waals surface area contributed by atoms with E-state index in [0.717, 1.165) is 33.6 Å². The highest BCUT2D eigenvalue weighted by atomic mass is 16.5. The van der Waals surface area contributed by atoms with Gasteiger partial charge in [-0.3, -0.25) is 4.79 Å². The zero-order valence-electron chi connectivity index (χ0n) is 19.0. The molecule has 1 unspecified atom stereocenters. The van der Waals surface area contributed by atoms with Gasteiger partial charge in [-0.15, -0.1) is 0 Å². The third kappa shape index (κ3) is 5.29. The molecule has 1 aliphatic rings. The summed E-state index contributed by atoms with van der Waals surface area (Å²) in [6.45, 7) is 5.97. The molecule has 1 heterocycles. The summed E-state index contributed by atoms with van der Waals surface area (Å²) < 4.78 is 17.4. The summed E-state index contributed by atoms with van der Waals surface area (Å²) >= 11 is 0. The van der Waals surface area contributed by atoms with Crippen molar-refractivity contribution in [2.24, 2.45) is 5.73 Å². The van der Waals surface area contributed by atoms with Crippen LogP contribution in [0.15, 0.2) is 54.6 Å². The molecule has 0 aliphatic carbocycles. The van der Waals surface area contributed by atoms with Crippen molar-refractivity contribution < 1.29 is 24.1 Å². The van der Waals surface area contributed by atoms with Gasteiger partial charge in [0.25, 0.3) is 0 Å². The van der Waals surface area contributed by atoms with Crippen LogP contribution in [0.5, 0.6) is 17.2 Å². The number of fused-ring (bicyclic) bond motifs is 1. The van der Waals surface area contributed by atoms with Crippen LogP contribution in [0.4, 0.5) is 0 Å². The van der Waals surface area contributed by atoms with Gasteiger partial charge in [-0.05, 0) is 65.9 Å². The molecule has 1 atom stereocenters. The number of rotatable bonds is 9. The lowest BCUT2D eigenvalue weighted by Gasteiger charge is -2.15. The van der Waals surface area contributed by atoms with E-state index in [4.69, 9.17) is 25.1 Å². The number of ether oxygens (including phenoxy) is 3. The Morgan fingerprint density at radius 1 is 1.06 bits per heavy atom. The van der Waals surface area contributed by atoms with Gasteiger partial charge in [0.15, 0.2) is 0 Å². The summed E-state index contributed by atoms with van der Waals surface area (Å²) in [4.78, 5) is 11.0. The molecule has 0 saturated heterocycles. The third-order valence-corrected chi connectivity index (χ3v) is 5.80. The van der Waals surface area contributed by atoms with Gasteiger partial charge in [0.2, 0.25) is 0 Å². The third-order valence-electron chi connectivity index (χ3n) is 5.80. The molecule has 3 N–H and O–H groups in total. The minimum atomic E-state index is -0.820. The predicted octanol–water partition coefficient (Wildman–Crippen LogP) is 4.84. The molecule has 0 aromatic heterocycles. The summed E-state index contributed by atoms with van der Waals surface area (Å²) in [6, 6.07) is 18.0. The number of nitrogens with two attached hydrogens (primary N) is 1. The first-order chi connectivity index (χ1) is 15.9. The zero-order valence-corrected chi connectivity index (χ0v) is 19.0.